The van der Waals surface area contributed by atoms with Crippen LogP contribution < -0.4 is 5.32 Å². The Kier molecular flexibility index (Phi) is 6.50. The second-order valence-electron chi connectivity index (χ2n) is 10.3. The largest absolute Gasteiger partial charge is 0.481 e. The van der Waals surface area contributed by atoms with E-state index in [1.54, 1.807) is 4.90 Å². The number of rotatable bonds is 5. The number of aliphatic carboxylic acids is 1. The molecule has 0 spiro atoms. The van der Waals surface area contributed by atoms with E-state index >= 15 is 0 Å². The number of hydrogen-bond donors (Lipinski definition) is 2. The van der Waals surface area contributed by atoms with Crippen LogP contribution >= 0.6 is 0 Å². The highest BCUT2D eigenvalue weighted by Gasteiger charge is 2.38. The van der Waals surface area contributed by atoms with Gasteiger partial charge in [0.2, 0.25) is 5.91 Å². The fraction of sp³-hybridized carbons (Fsp3) is 0.464. The average molecular weight is 477 g/mol. The number of hydrogen-bond acceptors (Lipinski definition) is 4. The maximum atomic E-state index is 13.1. The summed E-state index contributed by atoms with van der Waals surface area (Å²) in [4.78, 5) is 38.9. The van der Waals surface area contributed by atoms with Crippen LogP contribution in [0.4, 0.5) is 4.79 Å². The molecule has 3 aliphatic rings. The molecule has 2 amide bonds. The monoisotopic (exact) mass is 476 g/mol. The summed E-state index contributed by atoms with van der Waals surface area (Å²) in [5.41, 5.74) is 4.71. The smallest absolute Gasteiger partial charge is 0.407 e. The lowest BCUT2D eigenvalue weighted by Crippen LogP contribution is -2.47. The summed E-state index contributed by atoms with van der Waals surface area (Å²) < 4.78 is 5.66. The van der Waals surface area contributed by atoms with Crippen molar-refractivity contribution in [1.82, 2.24) is 10.2 Å². The SMILES string of the molecule is CC1CC(C(=O)O)CN(C(=O)[C@@H]2CC[C@H](NC(=O)OCC3c4ccccc4-c4ccccc43)C2)C1. The number of carboxylic acids is 1. The van der Waals surface area contributed by atoms with E-state index in [4.69, 9.17) is 4.74 Å². The molecule has 2 aromatic carbocycles. The summed E-state index contributed by atoms with van der Waals surface area (Å²) in [5, 5.41) is 12.3. The third-order valence-corrected chi connectivity index (χ3v) is 7.77. The molecule has 4 atom stereocenters. The molecule has 184 valence electrons. The third-order valence-electron chi connectivity index (χ3n) is 7.77. The molecule has 35 heavy (non-hydrogen) atoms. The Labute approximate surface area is 205 Å². The fourth-order valence-corrected chi connectivity index (χ4v) is 6.11. The first kappa shape index (κ1) is 23.4. The average Bonchev–Trinajstić information content (AvgIpc) is 3.44. The van der Waals surface area contributed by atoms with Crippen LogP contribution in [-0.2, 0) is 14.3 Å². The minimum absolute atomic E-state index is 0.00864. The number of nitrogens with zero attached hydrogens (tertiary/aromatic N) is 1. The van der Waals surface area contributed by atoms with Crippen LogP contribution in [0.3, 0.4) is 0 Å². The molecule has 5 rings (SSSR count). The van der Waals surface area contributed by atoms with Gasteiger partial charge in [0.1, 0.15) is 6.61 Å². The van der Waals surface area contributed by atoms with E-state index in [-0.39, 0.29) is 42.9 Å². The zero-order chi connectivity index (χ0) is 24.5. The van der Waals surface area contributed by atoms with E-state index in [9.17, 15) is 19.5 Å². The van der Waals surface area contributed by atoms with E-state index in [0.29, 0.717) is 32.2 Å². The molecular weight excluding hydrogens is 444 g/mol. The van der Waals surface area contributed by atoms with Gasteiger partial charge in [0.25, 0.3) is 0 Å². The Morgan fingerprint density at radius 1 is 0.943 bits per heavy atom. The van der Waals surface area contributed by atoms with Crippen molar-refractivity contribution >= 4 is 18.0 Å². The highest BCUT2D eigenvalue weighted by molar-refractivity contribution is 5.81. The van der Waals surface area contributed by atoms with Crippen LogP contribution in [0.5, 0.6) is 0 Å². The van der Waals surface area contributed by atoms with Crippen LogP contribution in [0.2, 0.25) is 0 Å². The number of alkyl carbamates (subject to hydrolysis) is 1. The Morgan fingerprint density at radius 3 is 2.26 bits per heavy atom. The van der Waals surface area contributed by atoms with E-state index < -0.39 is 18.0 Å². The molecular formula is C28H32N2O5. The minimum Gasteiger partial charge on any atom is -0.481 e. The van der Waals surface area contributed by atoms with E-state index in [0.717, 1.165) is 0 Å². The molecule has 1 heterocycles. The number of fused-ring (bicyclic) bond motifs is 3. The Morgan fingerprint density at radius 2 is 1.60 bits per heavy atom. The van der Waals surface area contributed by atoms with Gasteiger partial charge in [0.05, 0.1) is 5.92 Å². The van der Waals surface area contributed by atoms with Crippen molar-refractivity contribution in [1.29, 1.82) is 0 Å². The van der Waals surface area contributed by atoms with Gasteiger partial charge in [-0.3, -0.25) is 9.59 Å². The molecule has 2 N–H and O–H groups in total. The first-order valence-corrected chi connectivity index (χ1v) is 12.5. The number of likely N-dealkylation sites (tertiary alicyclic amines) is 1. The number of carbonyl (C=O) groups is 3. The van der Waals surface area contributed by atoms with Crippen molar-refractivity contribution in [2.24, 2.45) is 17.8 Å². The molecule has 0 radical (unpaired) electrons. The van der Waals surface area contributed by atoms with Gasteiger partial charge < -0.3 is 20.1 Å². The second kappa shape index (κ2) is 9.72. The van der Waals surface area contributed by atoms with Gasteiger partial charge in [-0.1, -0.05) is 55.5 Å². The maximum absolute atomic E-state index is 13.1. The number of amides is 2. The topological polar surface area (TPSA) is 95.9 Å². The Bertz CT molecular complexity index is 1090. The van der Waals surface area contributed by atoms with Gasteiger partial charge in [-0.05, 0) is 53.9 Å². The van der Waals surface area contributed by atoms with Crippen molar-refractivity contribution in [3.8, 4) is 11.1 Å². The van der Waals surface area contributed by atoms with Crippen molar-refractivity contribution in [2.75, 3.05) is 19.7 Å². The van der Waals surface area contributed by atoms with Gasteiger partial charge in [0.15, 0.2) is 0 Å². The normalized spacial score (nSPS) is 25.6. The lowest BCUT2D eigenvalue weighted by atomic mass is 9.89. The lowest BCUT2D eigenvalue weighted by molar-refractivity contribution is -0.148. The summed E-state index contributed by atoms with van der Waals surface area (Å²) in [7, 11) is 0. The molecule has 2 aromatic rings. The van der Waals surface area contributed by atoms with Crippen molar-refractivity contribution in [3.63, 3.8) is 0 Å². The predicted octanol–water partition coefficient (Wildman–Crippen LogP) is 4.26. The van der Waals surface area contributed by atoms with Gasteiger partial charge in [-0.2, -0.15) is 0 Å². The van der Waals surface area contributed by atoms with Gasteiger partial charge in [0, 0.05) is 31.0 Å². The minimum atomic E-state index is -0.837. The summed E-state index contributed by atoms with van der Waals surface area (Å²) in [6.07, 6.45) is 2.12. The van der Waals surface area contributed by atoms with E-state index in [1.807, 2.05) is 31.2 Å². The van der Waals surface area contributed by atoms with E-state index in [2.05, 4.69) is 29.6 Å². The molecule has 0 bridgehead atoms. The molecule has 2 aliphatic carbocycles. The summed E-state index contributed by atoms with van der Waals surface area (Å²) in [6, 6.07) is 16.3. The summed E-state index contributed by atoms with van der Waals surface area (Å²) in [5.74, 6) is -1.33. The molecule has 2 fully saturated rings. The molecule has 1 saturated heterocycles. The van der Waals surface area contributed by atoms with Crippen molar-refractivity contribution in [3.05, 3.63) is 59.7 Å². The van der Waals surface area contributed by atoms with Crippen molar-refractivity contribution in [2.45, 2.75) is 44.6 Å². The number of carboxylic acid groups (broad SMARTS) is 1. The molecule has 7 heteroatoms. The predicted molar refractivity (Wildman–Crippen MR) is 131 cm³/mol. The van der Waals surface area contributed by atoms with Crippen LogP contribution in [0.1, 0.15) is 49.7 Å². The van der Waals surface area contributed by atoms with Crippen LogP contribution in [0.25, 0.3) is 11.1 Å². The number of nitrogens with one attached hydrogen (secondary N) is 1. The molecule has 0 aromatic heterocycles. The van der Waals surface area contributed by atoms with Crippen molar-refractivity contribution < 1.29 is 24.2 Å². The first-order valence-electron chi connectivity index (χ1n) is 12.5. The molecule has 2 unspecified atom stereocenters. The van der Waals surface area contributed by atoms with Gasteiger partial charge >= 0.3 is 12.1 Å². The number of ether oxygens (including phenoxy) is 1. The summed E-state index contributed by atoms with van der Waals surface area (Å²) in [6.45, 7) is 3.13. The molecule has 1 saturated carbocycles. The maximum Gasteiger partial charge on any atom is 0.407 e. The van der Waals surface area contributed by atoms with Gasteiger partial charge in [-0.15, -0.1) is 0 Å². The van der Waals surface area contributed by atoms with E-state index in [1.165, 1.54) is 22.3 Å². The first-order chi connectivity index (χ1) is 16.9. The van der Waals surface area contributed by atoms with Crippen LogP contribution in [0.15, 0.2) is 48.5 Å². The van der Waals surface area contributed by atoms with Crippen LogP contribution in [-0.4, -0.2) is 53.7 Å². The summed E-state index contributed by atoms with van der Waals surface area (Å²) >= 11 is 0. The lowest BCUT2D eigenvalue weighted by Gasteiger charge is -2.36. The molecule has 1 aliphatic heterocycles. The zero-order valence-electron chi connectivity index (χ0n) is 20.0. The fourth-order valence-electron chi connectivity index (χ4n) is 6.11. The number of piperidine rings is 1. The number of benzene rings is 2. The number of carbonyl (C=O) groups excluding carboxylic acids is 2. The zero-order valence-corrected chi connectivity index (χ0v) is 20.0. The van der Waals surface area contributed by atoms with Crippen LogP contribution in [0, 0.1) is 17.8 Å². The highest BCUT2D eigenvalue weighted by atomic mass is 16.5. The third kappa shape index (κ3) is 4.77. The molecule has 7 nitrogen and oxygen atoms in total. The Hall–Kier alpha value is -3.35. The Balaban J connectivity index is 1.14. The van der Waals surface area contributed by atoms with Gasteiger partial charge in [-0.25, -0.2) is 4.79 Å². The highest BCUT2D eigenvalue weighted by Crippen LogP contribution is 2.44. The quantitative estimate of drug-likeness (QED) is 0.672. The standard InChI is InChI=1S/C28H32N2O5/c1-17-12-19(27(32)33)15-30(14-17)26(31)18-10-11-20(13-18)29-28(34)35-16-25-23-8-4-2-6-21(23)22-7-3-5-9-24(22)25/h2-9,17-20,25H,10-16H2,1H3,(H,29,34)(H,32,33)/t17?,18-,19?,20+/m1/s1. The second-order valence-corrected chi connectivity index (χ2v) is 10.3.